The monoisotopic (exact) mass is 439 g/mol. The smallest absolute Gasteiger partial charge is 0.335 e. The largest absolute Gasteiger partial charge is 0.495 e. The molecule has 2 aromatic carbocycles. The van der Waals surface area contributed by atoms with Gasteiger partial charge in [-0.1, -0.05) is 6.07 Å². The van der Waals surface area contributed by atoms with Crippen LogP contribution in [0.5, 0.6) is 5.75 Å². The van der Waals surface area contributed by atoms with Crippen LogP contribution in [0.15, 0.2) is 53.4 Å². The Bertz CT molecular complexity index is 1330. The fourth-order valence-corrected chi connectivity index (χ4v) is 4.78. The number of nitrogens with one attached hydrogen (secondary N) is 1. The molecule has 0 bridgehead atoms. The Balaban J connectivity index is 2.13. The van der Waals surface area contributed by atoms with E-state index >= 15 is 0 Å². The van der Waals surface area contributed by atoms with Gasteiger partial charge in [0.05, 0.1) is 30.0 Å². The number of rotatable bonds is 6. The van der Waals surface area contributed by atoms with Crippen LogP contribution in [0.25, 0.3) is 10.4 Å². The van der Waals surface area contributed by atoms with E-state index < -0.39 is 16.0 Å². The fraction of sp³-hybridized carbons (Fsp3) is 0.0500. The number of anilines is 1. The van der Waals surface area contributed by atoms with Gasteiger partial charge in [0.25, 0.3) is 10.0 Å². The maximum absolute atomic E-state index is 13.1. The standard InChI is InChI=1S/C20H13N3O5S2/c1-28-17-6-3-13(20(24)25)9-19(17)30(26,27)23-16-8-12(10-21)2-5-15(16)18-7-4-14(11-22)29-18/h2-9,23H,1H3,(H,24,25). The molecule has 0 unspecified atom stereocenters. The van der Waals surface area contributed by atoms with Crippen molar-refractivity contribution < 1.29 is 23.1 Å². The maximum Gasteiger partial charge on any atom is 0.335 e. The van der Waals surface area contributed by atoms with E-state index in [2.05, 4.69) is 4.72 Å². The average molecular weight is 439 g/mol. The number of nitrogens with zero attached hydrogens (tertiary/aromatic N) is 2. The summed E-state index contributed by atoms with van der Waals surface area (Å²) >= 11 is 1.17. The molecule has 1 heterocycles. The molecule has 2 N–H and O–H groups in total. The summed E-state index contributed by atoms with van der Waals surface area (Å²) in [6.07, 6.45) is 0. The first-order chi connectivity index (χ1) is 14.3. The lowest BCUT2D eigenvalue weighted by atomic mass is 10.1. The number of ether oxygens (including phenoxy) is 1. The summed E-state index contributed by atoms with van der Waals surface area (Å²) in [6, 6.07) is 15.2. The Hall–Kier alpha value is -3.86. The molecule has 3 rings (SSSR count). The van der Waals surface area contributed by atoms with Gasteiger partial charge < -0.3 is 9.84 Å². The average Bonchev–Trinajstić information content (AvgIpc) is 3.21. The van der Waals surface area contributed by atoms with Crippen molar-refractivity contribution in [2.75, 3.05) is 11.8 Å². The molecule has 0 aliphatic carbocycles. The normalized spacial score (nSPS) is 10.6. The number of nitriles is 2. The van der Waals surface area contributed by atoms with Crippen LogP contribution >= 0.6 is 11.3 Å². The van der Waals surface area contributed by atoms with E-state index in [9.17, 15) is 23.6 Å². The molecule has 0 radical (unpaired) electrons. The van der Waals surface area contributed by atoms with E-state index in [1.54, 1.807) is 18.2 Å². The van der Waals surface area contributed by atoms with Crippen molar-refractivity contribution in [3.05, 3.63) is 64.5 Å². The van der Waals surface area contributed by atoms with Gasteiger partial charge in [0.2, 0.25) is 0 Å². The first-order valence-corrected chi connectivity index (χ1v) is 10.6. The summed E-state index contributed by atoms with van der Waals surface area (Å²) in [7, 11) is -3.01. The molecular weight excluding hydrogens is 426 g/mol. The minimum Gasteiger partial charge on any atom is -0.495 e. The van der Waals surface area contributed by atoms with Gasteiger partial charge in [-0.2, -0.15) is 10.5 Å². The molecule has 0 atom stereocenters. The molecule has 30 heavy (non-hydrogen) atoms. The summed E-state index contributed by atoms with van der Waals surface area (Å²) in [6.45, 7) is 0. The molecule has 10 heteroatoms. The van der Waals surface area contributed by atoms with Crippen molar-refractivity contribution >= 4 is 33.0 Å². The lowest BCUT2D eigenvalue weighted by Gasteiger charge is -2.15. The zero-order chi connectivity index (χ0) is 21.9. The molecule has 0 aliphatic heterocycles. The highest BCUT2D eigenvalue weighted by Crippen LogP contribution is 2.36. The molecular formula is C20H13N3O5S2. The van der Waals surface area contributed by atoms with Gasteiger partial charge in [0.1, 0.15) is 21.6 Å². The van der Waals surface area contributed by atoms with Gasteiger partial charge >= 0.3 is 5.97 Å². The molecule has 3 aromatic rings. The number of carbonyl (C=O) groups is 1. The molecule has 0 amide bonds. The van der Waals surface area contributed by atoms with E-state index in [0.717, 1.165) is 6.07 Å². The predicted molar refractivity (Wildman–Crippen MR) is 110 cm³/mol. The number of thiophene rings is 1. The molecule has 150 valence electrons. The summed E-state index contributed by atoms with van der Waals surface area (Å²) < 4.78 is 33.7. The molecule has 0 saturated carbocycles. The summed E-state index contributed by atoms with van der Waals surface area (Å²) in [5.41, 5.74) is 0.583. The summed E-state index contributed by atoms with van der Waals surface area (Å²) in [5, 5.41) is 27.5. The van der Waals surface area contributed by atoms with Crippen molar-refractivity contribution in [1.82, 2.24) is 0 Å². The SMILES string of the molecule is COc1ccc(C(=O)O)cc1S(=O)(=O)Nc1cc(C#N)ccc1-c1ccc(C#N)s1. The molecule has 8 nitrogen and oxygen atoms in total. The van der Waals surface area contributed by atoms with Crippen molar-refractivity contribution in [3.8, 4) is 28.3 Å². The van der Waals surface area contributed by atoms with E-state index in [1.165, 1.54) is 42.7 Å². The minimum atomic E-state index is -4.27. The molecule has 0 aliphatic rings. The first-order valence-electron chi connectivity index (χ1n) is 8.27. The highest BCUT2D eigenvalue weighted by molar-refractivity contribution is 7.92. The van der Waals surface area contributed by atoms with Gasteiger partial charge in [-0.15, -0.1) is 11.3 Å². The summed E-state index contributed by atoms with van der Waals surface area (Å²) in [5.74, 6) is -1.32. The van der Waals surface area contributed by atoms with E-state index in [-0.39, 0.29) is 27.5 Å². The van der Waals surface area contributed by atoms with Crippen LogP contribution in [0.4, 0.5) is 5.69 Å². The van der Waals surface area contributed by atoms with Gasteiger partial charge in [-0.25, -0.2) is 13.2 Å². The van der Waals surface area contributed by atoms with Crippen LogP contribution in [0.3, 0.4) is 0 Å². The van der Waals surface area contributed by atoms with Crippen LogP contribution in [0.2, 0.25) is 0 Å². The Morgan fingerprint density at radius 3 is 2.47 bits per heavy atom. The van der Waals surface area contributed by atoms with Gasteiger partial charge in [0, 0.05) is 10.4 Å². The number of benzene rings is 2. The van der Waals surface area contributed by atoms with E-state index in [0.29, 0.717) is 15.3 Å². The van der Waals surface area contributed by atoms with Crippen LogP contribution in [-0.4, -0.2) is 26.6 Å². The van der Waals surface area contributed by atoms with Crippen LogP contribution in [0, 0.1) is 22.7 Å². The van der Waals surface area contributed by atoms with Gasteiger partial charge in [-0.3, -0.25) is 4.72 Å². The van der Waals surface area contributed by atoms with Crippen molar-refractivity contribution in [1.29, 1.82) is 10.5 Å². The summed E-state index contributed by atoms with van der Waals surface area (Å²) in [4.78, 5) is 12.0. The number of methoxy groups -OCH3 is 1. The zero-order valence-electron chi connectivity index (χ0n) is 15.4. The van der Waals surface area contributed by atoms with Crippen molar-refractivity contribution in [2.45, 2.75) is 4.90 Å². The second kappa shape index (κ2) is 8.25. The second-order valence-electron chi connectivity index (χ2n) is 5.92. The van der Waals surface area contributed by atoms with E-state index in [1.807, 2.05) is 12.1 Å². The van der Waals surface area contributed by atoms with Crippen molar-refractivity contribution in [3.63, 3.8) is 0 Å². The van der Waals surface area contributed by atoms with Crippen LogP contribution in [-0.2, 0) is 10.0 Å². The van der Waals surface area contributed by atoms with Gasteiger partial charge in [0.15, 0.2) is 0 Å². The highest BCUT2D eigenvalue weighted by atomic mass is 32.2. The Kier molecular flexibility index (Phi) is 5.74. The third kappa shape index (κ3) is 4.10. The molecule has 0 saturated heterocycles. The lowest BCUT2D eigenvalue weighted by molar-refractivity contribution is 0.0696. The highest BCUT2D eigenvalue weighted by Gasteiger charge is 2.23. The number of carboxylic acids is 1. The maximum atomic E-state index is 13.1. The Morgan fingerprint density at radius 2 is 1.87 bits per heavy atom. The van der Waals surface area contributed by atoms with Crippen molar-refractivity contribution in [2.24, 2.45) is 0 Å². The number of aromatic carboxylic acids is 1. The number of hydrogen-bond acceptors (Lipinski definition) is 7. The lowest BCUT2D eigenvalue weighted by Crippen LogP contribution is -2.15. The van der Waals surface area contributed by atoms with E-state index in [4.69, 9.17) is 10.00 Å². The molecule has 0 fully saturated rings. The van der Waals surface area contributed by atoms with Crippen LogP contribution in [0.1, 0.15) is 20.8 Å². The number of sulfonamides is 1. The molecule has 0 spiro atoms. The Morgan fingerprint density at radius 1 is 1.10 bits per heavy atom. The van der Waals surface area contributed by atoms with Gasteiger partial charge in [-0.05, 0) is 42.5 Å². The molecule has 1 aromatic heterocycles. The number of hydrogen-bond donors (Lipinski definition) is 2. The Labute approximate surface area is 176 Å². The quantitative estimate of drug-likeness (QED) is 0.597. The van der Waals surface area contributed by atoms with Crippen LogP contribution < -0.4 is 9.46 Å². The number of carboxylic acid groups (broad SMARTS) is 1. The predicted octanol–water partition coefficient (Wildman–Crippen LogP) is 3.67. The third-order valence-electron chi connectivity index (χ3n) is 4.07. The second-order valence-corrected chi connectivity index (χ2v) is 8.66. The minimum absolute atomic E-state index is 0.0339. The zero-order valence-corrected chi connectivity index (χ0v) is 17.0. The topological polar surface area (TPSA) is 140 Å². The first kappa shape index (κ1) is 20.9. The third-order valence-corrected chi connectivity index (χ3v) is 6.48. The fourth-order valence-electron chi connectivity index (χ4n) is 2.68.